The number of pyridine rings is 2. The molecule has 0 aliphatic carbocycles. The third-order valence-electron chi connectivity index (χ3n) is 5.22. The summed E-state index contributed by atoms with van der Waals surface area (Å²) in [6.07, 6.45) is 6.41. The van der Waals surface area contributed by atoms with Gasteiger partial charge in [0.05, 0.1) is 30.1 Å². The van der Waals surface area contributed by atoms with E-state index < -0.39 is 5.97 Å². The second-order valence-electron chi connectivity index (χ2n) is 7.37. The van der Waals surface area contributed by atoms with E-state index in [1.807, 2.05) is 34.8 Å². The van der Waals surface area contributed by atoms with Crippen LogP contribution in [0, 0.1) is 0 Å². The maximum absolute atomic E-state index is 11.4. The third-order valence-corrected chi connectivity index (χ3v) is 5.65. The monoisotopic (exact) mass is 494 g/mol. The lowest BCUT2D eigenvalue weighted by molar-refractivity contribution is -0.136. The predicted octanol–water partition coefficient (Wildman–Crippen LogP) is 4.85. The molecule has 0 aromatic carbocycles. The number of aryl methyl sites for hydroxylation is 1. The van der Waals surface area contributed by atoms with Crippen LogP contribution >= 0.6 is 15.9 Å². The molecule has 8 heteroatoms. The zero-order chi connectivity index (χ0) is 22.5. The molecule has 164 valence electrons. The first-order valence-corrected chi connectivity index (χ1v) is 11.2. The summed E-state index contributed by atoms with van der Waals surface area (Å²) < 4.78 is 8.74. The van der Waals surface area contributed by atoms with Gasteiger partial charge in [0, 0.05) is 46.3 Å². The van der Waals surface area contributed by atoms with Crippen LogP contribution < -0.4 is 0 Å². The molecule has 0 amide bonds. The van der Waals surface area contributed by atoms with Crippen LogP contribution in [0.1, 0.15) is 36.0 Å². The third kappa shape index (κ3) is 4.87. The average molecular weight is 495 g/mol. The number of carbonyl (C=O) groups is 1. The van der Waals surface area contributed by atoms with Crippen molar-refractivity contribution < 1.29 is 14.6 Å². The van der Waals surface area contributed by atoms with Crippen molar-refractivity contribution in [1.29, 1.82) is 0 Å². The van der Waals surface area contributed by atoms with Crippen molar-refractivity contribution in [3.05, 3.63) is 82.1 Å². The second kappa shape index (κ2) is 10.0. The van der Waals surface area contributed by atoms with Gasteiger partial charge < -0.3 is 9.84 Å². The molecule has 0 spiro atoms. The van der Waals surface area contributed by atoms with Crippen molar-refractivity contribution in [3.63, 3.8) is 0 Å². The molecular formula is C24H23BrN4O3. The van der Waals surface area contributed by atoms with Gasteiger partial charge in [0.1, 0.15) is 0 Å². The number of hydrogen-bond acceptors (Lipinski definition) is 5. The molecule has 0 bridgehead atoms. The first kappa shape index (κ1) is 22.1. The number of carboxylic acids is 1. The Labute approximate surface area is 194 Å². The van der Waals surface area contributed by atoms with E-state index in [9.17, 15) is 9.90 Å². The molecule has 0 fully saturated rings. The number of rotatable bonds is 9. The number of fused-ring (bicyclic) bond motifs is 1. The molecular weight excluding hydrogens is 472 g/mol. The summed E-state index contributed by atoms with van der Waals surface area (Å²) in [5.41, 5.74) is 6.24. The maximum atomic E-state index is 11.4. The van der Waals surface area contributed by atoms with Crippen LogP contribution in [0.15, 0.2) is 59.5 Å². The number of aromatic nitrogens is 4. The lowest BCUT2D eigenvalue weighted by Gasteiger charge is -2.17. The van der Waals surface area contributed by atoms with Crippen molar-refractivity contribution in [2.75, 3.05) is 0 Å². The smallest absolute Gasteiger partial charge is 0.303 e. The molecule has 32 heavy (non-hydrogen) atoms. The van der Waals surface area contributed by atoms with E-state index in [4.69, 9.17) is 9.84 Å². The highest BCUT2D eigenvalue weighted by molar-refractivity contribution is 9.10. The number of halogens is 1. The van der Waals surface area contributed by atoms with Crippen LogP contribution in [0.3, 0.4) is 0 Å². The molecule has 0 saturated heterocycles. The number of ether oxygens (including phenoxy) is 1. The molecule has 4 aromatic heterocycles. The standard InChI is InChI=1S/C24H23BrN4O3/c1-2-19-6-8-22-24(16-11-17(25)13-26-12-16)20(7-9-23(30)31)21(28-29(19)22)15-32-14-18-5-3-4-10-27-18/h3-6,8,10-13H,2,7,9,14-15H2,1H3,(H,30,31). The number of hydrogen-bond donors (Lipinski definition) is 1. The lowest BCUT2D eigenvalue weighted by Crippen LogP contribution is -2.11. The van der Waals surface area contributed by atoms with Crippen molar-refractivity contribution >= 4 is 27.4 Å². The molecule has 1 N–H and O–H groups in total. The molecule has 0 atom stereocenters. The van der Waals surface area contributed by atoms with Gasteiger partial charge >= 0.3 is 5.97 Å². The van der Waals surface area contributed by atoms with Gasteiger partial charge in [-0.1, -0.05) is 13.0 Å². The molecule has 4 heterocycles. The fourth-order valence-corrected chi connectivity index (χ4v) is 4.11. The van der Waals surface area contributed by atoms with Crippen molar-refractivity contribution in [1.82, 2.24) is 19.6 Å². The fraction of sp³-hybridized carbons (Fsp3) is 0.250. The van der Waals surface area contributed by atoms with Gasteiger partial charge in [-0.25, -0.2) is 4.52 Å². The summed E-state index contributed by atoms with van der Waals surface area (Å²) >= 11 is 3.50. The Bertz CT molecular complexity index is 1240. The average Bonchev–Trinajstić information content (AvgIpc) is 3.20. The van der Waals surface area contributed by atoms with E-state index in [1.54, 1.807) is 18.6 Å². The van der Waals surface area contributed by atoms with Crippen LogP contribution in [-0.4, -0.2) is 30.7 Å². The Balaban J connectivity index is 1.82. The number of carboxylic acid groups (broad SMARTS) is 1. The topological polar surface area (TPSA) is 89.6 Å². The fourth-order valence-electron chi connectivity index (χ4n) is 3.75. The minimum atomic E-state index is -0.854. The van der Waals surface area contributed by atoms with Crippen molar-refractivity contribution in [3.8, 4) is 11.1 Å². The van der Waals surface area contributed by atoms with Gasteiger partial charge in [0.15, 0.2) is 0 Å². The summed E-state index contributed by atoms with van der Waals surface area (Å²) in [5.74, 6) is -0.854. The van der Waals surface area contributed by atoms with Crippen LogP contribution in [0.4, 0.5) is 0 Å². The Morgan fingerprint density at radius 3 is 2.78 bits per heavy atom. The number of aliphatic carboxylic acids is 1. The Morgan fingerprint density at radius 1 is 1.19 bits per heavy atom. The Morgan fingerprint density at radius 2 is 2.06 bits per heavy atom. The van der Waals surface area contributed by atoms with Crippen LogP contribution in [0.2, 0.25) is 0 Å². The van der Waals surface area contributed by atoms with E-state index in [1.165, 1.54) is 0 Å². The van der Waals surface area contributed by atoms with E-state index in [0.29, 0.717) is 13.0 Å². The molecule has 4 rings (SSSR count). The first-order valence-electron chi connectivity index (χ1n) is 10.4. The number of nitrogens with zero attached hydrogens (tertiary/aromatic N) is 4. The van der Waals surface area contributed by atoms with Crippen molar-refractivity contribution in [2.45, 2.75) is 39.4 Å². The van der Waals surface area contributed by atoms with Gasteiger partial charge in [0.25, 0.3) is 0 Å². The quantitative estimate of drug-likeness (QED) is 0.357. The molecule has 4 aromatic rings. The van der Waals surface area contributed by atoms with Crippen LogP contribution in [0.5, 0.6) is 0 Å². The first-order chi connectivity index (χ1) is 15.6. The zero-order valence-electron chi connectivity index (χ0n) is 17.7. The van der Waals surface area contributed by atoms with Gasteiger partial charge in [-0.05, 0) is 64.7 Å². The largest absolute Gasteiger partial charge is 0.481 e. The zero-order valence-corrected chi connectivity index (χ0v) is 19.2. The van der Waals surface area contributed by atoms with E-state index in [0.717, 1.165) is 50.2 Å². The van der Waals surface area contributed by atoms with E-state index in [2.05, 4.69) is 38.9 Å². The predicted molar refractivity (Wildman–Crippen MR) is 124 cm³/mol. The van der Waals surface area contributed by atoms with E-state index in [-0.39, 0.29) is 13.0 Å². The maximum Gasteiger partial charge on any atom is 0.303 e. The minimum absolute atomic E-state index is 0.000863. The lowest BCUT2D eigenvalue weighted by atomic mass is 9.96. The highest BCUT2D eigenvalue weighted by Gasteiger charge is 2.20. The van der Waals surface area contributed by atoms with E-state index >= 15 is 0 Å². The molecule has 0 radical (unpaired) electrons. The molecule has 0 aliphatic rings. The highest BCUT2D eigenvalue weighted by atomic mass is 79.9. The summed E-state index contributed by atoms with van der Waals surface area (Å²) in [7, 11) is 0. The normalized spacial score (nSPS) is 11.2. The minimum Gasteiger partial charge on any atom is -0.481 e. The Kier molecular flexibility index (Phi) is 6.92. The Hall–Kier alpha value is -3.10. The van der Waals surface area contributed by atoms with Gasteiger partial charge in [-0.2, -0.15) is 5.10 Å². The SMILES string of the molecule is CCc1ccc2c(-c3cncc(Br)c3)c(CCC(=O)O)c(COCc3ccccn3)nn12. The van der Waals surface area contributed by atoms with Crippen LogP contribution in [-0.2, 0) is 35.6 Å². The van der Waals surface area contributed by atoms with Gasteiger partial charge in [-0.3, -0.25) is 14.8 Å². The summed E-state index contributed by atoms with van der Waals surface area (Å²) in [5, 5.41) is 14.2. The molecule has 0 saturated carbocycles. The van der Waals surface area contributed by atoms with Gasteiger partial charge in [0.2, 0.25) is 0 Å². The summed E-state index contributed by atoms with van der Waals surface area (Å²) in [6, 6.07) is 11.8. The summed E-state index contributed by atoms with van der Waals surface area (Å²) in [4.78, 5) is 20.0. The van der Waals surface area contributed by atoms with Crippen molar-refractivity contribution in [2.24, 2.45) is 0 Å². The molecule has 0 aliphatic heterocycles. The van der Waals surface area contributed by atoms with Gasteiger partial charge in [-0.15, -0.1) is 0 Å². The molecule has 7 nitrogen and oxygen atoms in total. The highest BCUT2D eigenvalue weighted by Crippen LogP contribution is 2.33. The van der Waals surface area contributed by atoms with Crippen LogP contribution in [0.25, 0.3) is 16.6 Å². The molecule has 0 unspecified atom stereocenters. The summed E-state index contributed by atoms with van der Waals surface area (Å²) in [6.45, 7) is 2.68. The second-order valence-corrected chi connectivity index (χ2v) is 8.29.